The van der Waals surface area contributed by atoms with Crippen molar-refractivity contribution in [2.24, 2.45) is 5.92 Å². The molecule has 0 fully saturated rings. The van der Waals surface area contributed by atoms with Crippen LogP contribution < -0.4 is 11.1 Å². The van der Waals surface area contributed by atoms with Gasteiger partial charge in [0.1, 0.15) is 0 Å². The van der Waals surface area contributed by atoms with Gasteiger partial charge in [-0.2, -0.15) is 0 Å². The number of nitrogen functional groups attached to an aromatic ring is 1. The average Bonchev–Trinajstić information content (AvgIpc) is 2.36. The van der Waals surface area contributed by atoms with Gasteiger partial charge in [0, 0.05) is 26.2 Å². The fourth-order valence-corrected chi connectivity index (χ4v) is 1.96. The molecule has 0 aliphatic heterocycles. The summed E-state index contributed by atoms with van der Waals surface area (Å²) < 4.78 is 0. The van der Waals surface area contributed by atoms with E-state index in [1.807, 2.05) is 0 Å². The number of nitrogens with two attached hydrogens (primary N) is 1. The van der Waals surface area contributed by atoms with Gasteiger partial charge in [-0.25, -0.2) is 0 Å². The normalized spacial score (nSPS) is 12.3. The van der Waals surface area contributed by atoms with Crippen LogP contribution in [0.3, 0.4) is 0 Å². The lowest BCUT2D eigenvalue weighted by molar-refractivity contribution is 0.0827. The predicted octanol–water partition coefficient (Wildman–Crippen LogP) is 1.79. The number of nitrogens with zero attached hydrogens (tertiary/aromatic N) is 1. The first kappa shape index (κ1) is 16.3. The third-order valence-electron chi connectivity index (χ3n) is 2.98. The number of anilines is 2. The molecule has 112 valence electrons. The molecule has 4 N–H and O–H groups in total. The molecule has 0 aliphatic rings. The molecule has 1 aromatic rings. The van der Waals surface area contributed by atoms with E-state index >= 15 is 0 Å². The second-order valence-electron chi connectivity index (χ2n) is 5.67. The summed E-state index contributed by atoms with van der Waals surface area (Å²) in [6, 6.07) is 5.13. The Morgan fingerprint density at radius 3 is 2.60 bits per heavy atom. The monoisotopic (exact) mass is 279 g/mol. The number of carbonyl (C=O) groups excluding carboxylic acids is 1. The van der Waals surface area contributed by atoms with Gasteiger partial charge in [-0.15, -0.1) is 0 Å². The number of aliphatic hydroxyl groups is 1. The summed E-state index contributed by atoms with van der Waals surface area (Å²) in [5.74, 6) is 0.363. The van der Waals surface area contributed by atoms with E-state index in [4.69, 9.17) is 5.73 Å². The number of nitrogens with one attached hydrogen (secondary N) is 1. The van der Waals surface area contributed by atoms with Gasteiger partial charge in [-0.3, -0.25) is 4.79 Å². The van der Waals surface area contributed by atoms with Crippen LogP contribution in [0.1, 0.15) is 30.6 Å². The smallest absolute Gasteiger partial charge is 0.253 e. The van der Waals surface area contributed by atoms with Crippen molar-refractivity contribution in [2.45, 2.75) is 26.4 Å². The zero-order chi connectivity index (χ0) is 15.3. The Morgan fingerprint density at radius 1 is 1.40 bits per heavy atom. The average molecular weight is 279 g/mol. The van der Waals surface area contributed by atoms with Crippen molar-refractivity contribution >= 4 is 17.3 Å². The standard InChI is InChI=1S/C15H25N3O2/c1-10(2)7-12(19)9-17-14-8-11(5-6-13(14)16)15(20)18(3)4/h5-6,8,10,12,17,19H,7,9,16H2,1-4H3. The van der Waals surface area contributed by atoms with Gasteiger partial charge < -0.3 is 21.1 Å². The molecule has 0 radical (unpaired) electrons. The lowest BCUT2D eigenvalue weighted by Crippen LogP contribution is -2.23. The SMILES string of the molecule is CC(C)CC(O)CNc1cc(C(=O)N(C)C)ccc1N. The minimum atomic E-state index is -0.428. The van der Waals surface area contributed by atoms with Crippen LogP contribution >= 0.6 is 0 Å². The van der Waals surface area contributed by atoms with Crippen molar-refractivity contribution < 1.29 is 9.90 Å². The molecule has 1 aromatic carbocycles. The van der Waals surface area contributed by atoms with Gasteiger partial charge in [0.2, 0.25) is 0 Å². The summed E-state index contributed by atoms with van der Waals surface area (Å²) in [6.45, 7) is 4.55. The molecule has 1 atom stereocenters. The van der Waals surface area contributed by atoms with E-state index in [0.29, 0.717) is 29.4 Å². The van der Waals surface area contributed by atoms with Crippen molar-refractivity contribution in [3.8, 4) is 0 Å². The fourth-order valence-electron chi connectivity index (χ4n) is 1.96. The van der Waals surface area contributed by atoms with Crippen molar-refractivity contribution in [3.63, 3.8) is 0 Å². The molecule has 0 aliphatic carbocycles. The van der Waals surface area contributed by atoms with E-state index in [-0.39, 0.29) is 5.91 Å². The first-order valence-electron chi connectivity index (χ1n) is 6.84. The van der Waals surface area contributed by atoms with E-state index in [2.05, 4.69) is 19.2 Å². The summed E-state index contributed by atoms with van der Waals surface area (Å²) >= 11 is 0. The van der Waals surface area contributed by atoms with Crippen LogP contribution in [-0.2, 0) is 0 Å². The minimum absolute atomic E-state index is 0.0734. The molecule has 5 heteroatoms. The molecule has 0 bridgehead atoms. The van der Waals surface area contributed by atoms with Crippen LogP contribution in [0.2, 0.25) is 0 Å². The highest BCUT2D eigenvalue weighted by Gasteiger charge is 2.12. The van der Waals surface area contributed by atoms with Gasteiger partial charge in [-0.05, 0) is 30.5 Å². The largest absolute Gasteiger partial charge is 0.397 e. The second-order valence-corrected chi connectivity index (χ2v) is 5.67. The lowest BCUT2D eigenvalue weighted by Gasteiger charge is -2.17. The van der Waals surface area contributed by atoms with Gasteiger partial charge in [0.15, 0.2) is 0 Å². The zero-order valence-corrected chi connectivity index (χ0v) is 12.7. The second kappa shape index (κ2) is 7.14. The summed E-state index contributed by atoms with van der Waals surface area (Å²) in [7, 11) is 3.41. The Bertz CT molecular complexity index is 458. The van der Waals surface area contributed by atoms with Gasteiger partial charge >= 0.3 is 0 Å². The number of hydrogen-bond donors (Lipinski definition) is 3. The highest BCUT2D eigenvalue weighted by Crippen LogP contribution is 2.21. The predicted molar refractivity (Wildman–Crippen MR) is 82.8 cm³/mol. The van der Waals surface area contributed by atoms with E-state index in [1.165, 1.54) is 4.90 Å². The Morgan fingerprint density at radius 2 is 2.05 bits per heavy atom. The first-order valence-corrected chi connectivity index (χ1v) is 6.84. The number of amides is 1. The Kier molecular flexibility index (Phi) is 5.82. The molecule has 5 nitrogen and oxygen atoms in total. The molecular weight excluding hydrogens is 254 g/mol. The van der Waals surface area contributed by atoms with Crippen molar-refractivity contribution in [3.05, 3.63) is 23.8 Å². The summed E-state index contributed by atoms with van der Waals surface area (Å²) in [6.07, 6.45) is 0.297. The number of benzene rings is 1. The maximum Gasteiger partial charge on any atom is 0.253 e. The number of hydrogen-bond acceptors (Lipinski definition) is 4. The van der Waals surface area contributed by atoms with Crippen LogP contribution in [0.5, 0.6) is 0 Å². The number of carbonyl (C=O) groups is 1. The summed E-state index contributed by atoms with van der Waals surface area (Å²) in [4.78, 5) is 13.4. The third kappa shape index (κ3) is 4.74. The molecule has 0 heterocycles. The zero-order valence-electron chi connectivity index (χ0n) is 12.7. The summed E-state index contributed by atoms with van der Waals surface area (Å²) in [5, 5.41) is 13.0. The maximum absolute atomic E-state index is 11.9. The minimum Gasteiger partial charge on any atom is -0.397 e. The first-order chi connectivity index (χ1) is 9.31. The third-order valence-corrected chi connectivity index (χ3v) is 2.98. The lowest BCUT2D eigenvalue weighted by atomic mass is 10.1. The molecule has 1 rings (SSSR count). The van der Waals surface area contributed by atoms with Crippen LogP contribution in [0, 0.1) is 5.92 Å². The molecule has 0 saturated heterocycles. The van der Waals surface area contributed by atoms with E-state index in [1.54, 1.807) is 32.3 Å². The van der Waals surface area contributed by atoms with Crippen LogP contribution in [0.15, 0.2) is 18.2 Å². The fraction of sp³-hybridized carbons (Fsp3) is 0.533. The molecule has 0 aromatic heterocycles. The number of rotatable bonds is 6. The number of aliphatic hydroxyl groups excluding tert-OH is 1. The van der Waals surface area contributed by atoms with Crippen LogP contribution in [0.25, 0.3) is 0 Å². The molecule has 0 saturated carbocycles. The molecule has 20 heavy (non-hydrogen) atoms. The van der Waals surface area contributed by atoms with Crippen LogP contribution in [0.4, 0.5) is 11.4 Å². The van der Waals surface area contributed by atoms with E-state index in [0.717, 1.165) is 6.42 Å². The highest BCUT2D eigenvalue weighted by molar-refractivity contribution is 5.95. The molecule has 1 unspecified atom stereocenters. The summed E-state index contributed by atoms with van der Waals surface area (Å²) in [5.41, 5.74) is 7.71. The van der Waals surface area contributed by atoms with Crippen molar-refractivity contribution in [1.29, 1.82) is 0 Å². The quantitative estimate of drug-likeness (QED) is 0.694. The molecular formula is C15H25N3O2. The van der Waals surface area contributed by atoms with Gasteiger partial charge in [0.05, 0.1) is 17.5 Å². The van der Waals surface area contributed by atoms with E-state index in [9.17, 15) is 9.90 Å². The Balaban J connectivity index is 2.74. The topological polar surface area (TPSA) is 78.6 Å². The van der Waals surface area contributed by atoms with Gasteiger partial charge in [0.25, 0.3) is 5.91 Å². The molecule has 1 amide bonds. The van der Waals surface area contributed by atoms with Gasteiger partial charge in [-0.1, -0.05) is 13.8 Å². The van der Waals surface area contributed by atoms with Crippen LogP contribution in [-0.4, -0.2) is 42.7 Å². The Hall–Kier alpha value is -1.75. The molecule has 0 spiro atoms. The van der Waals surface area contributed by atoms with Crippen molar-refractivity contribution in [1.82, 2.24) is 4.90 Å². The highest BCUT2D eigenvalue weighted by atomic mass is 16.3. The van der Waals surface area contributed by atoms with E-state index < -0.39 is 6.10 Å². The van der Waals surface area contributed by atoms with Crippen molar-refractivity contribution in [2.75, 3.05) is 31.7 Å². The Labute approximate surface area is 120 Å². The maximum atomic E-state index is 11.9.